The third-order valence-corrected chi connectivity index (χ3v) is 7.28. The van der Waals surface area contributed by atoms with Gasteiger partial charge in [-0.15, -0.1) is 0 Å². The Morgan fingerprint density at radius 2 is 1.76 bits per heavy atom. The maximum absolute atomic E-state index is 13.8. The van der Waals surface area contributed by atoms with Crippen LogP contribution in [0.1, 0.15) is 23.4 Å². The Balaban J connectivity index is 1.45. The van der Waals surface area contributed by atoms with E-state index in [0.717, 1.165) is 11.1 Å². The summed E-state index contributed by atoms with van der Waals surface area (Å²) in [5, 5.41) is 13.0. The molecule has 2 aliphatic rings. The summed E-state index contributed by atoms with van der Waals surface area (Å²) in [6.07, 6.45) is 4.00. The van der Waals surface area contributed by atoms with Gasteiger partial charge in [-0.3, -0.25) is 19.4 Å². The van der Waals surface area contributed by atoms with E-state index in [-0.39, 0.29) is 55.9 Å². The van der Waals surface area contributed by atoms with Crippen LogP contribution >= 0.6 is 0 Å². The van der Waals surface area contributed by atoms with Gasteiger partial charge in [0.1, 0.15) is 23.8 Å². The number of benzene rings is 2. The van der Waals surface area contributed by atoms with Crippen LogP contribution in [0.5, 0.6) is 5.75 Å². The molecule has 3 aromatic rings. The van der Waals surface area contributed by atoms with E-state index in [9.17, 15) is 19.5 Å². The molecule has 2 saturated heterocycles. The molecule has 5 rings (SSSR count). The maximum Gasteiger partial charge on any atom is 0.246 e. The number of hydrogen-bond acceptors (Lipinski definition) is 6. The smallest absolute Gasteiger partial charge is 0.246 e. The fourth-order valence-electron chi connectivity index (χ4n) is 5.30. The van der Waals surface area contributed by atoms with Crippen molar-refractivity contribution in [3.05, 3.63) is 83.9 Å². The molecule has 0 radical (unpaired) electrons. The van der Waals surface area contributed by atoms with E-state index >= 15 is 0 Å². The molecule has 0 saturated carbocycles. The first kappa shape index (κ1) is 25.5. The first-order valence-electron chi connectivity index (χ1n) is 12.7. The summed E-state index contributed by atoms with van der Waals surface area (Å²) >= 11 is 0. The lowest BCUT2D eigenvalue weighted by atomic mass is 9.98. The molecule has 10 heteroatoms. The van der Waals surface area contributed by atoms with Crippen molar-refractivity contribution in [2.75, 3.05) is 20.1 Å². The second kappa shape index (κ2) is 10.7. The minimum absolute atomic E-state index is 0.00625. The molecule has 198 valence electrons. The summed E-state index contributed by atoms with van der Waals surface area (Å²) in [5.41, 5.74) is 1.88. The van der Waals surface area contributed by atoms with Gasteiger partial charge in [0.2, 0.25) is 17.7 Å². The SMILES string of the molecule is CN1CC(=O)N2C(CN(Cc3nccn3C)C(=O)[C@@H]2Cc2ccc(O)cc2)N1C(=O)CCc1ccccc1. The number of amides is 3. The predicted octanol–water partition coefficient (Wildman–Crippen LogP) is 1.56. The summed E-state index contributed by atoms with van der Waals surface area (Å²) in [6, 6.07) is 15.7. The summed E-state index contributed by atoms with van der Waals surface area (Å²) < 4.78 is 1.86. The number of aryl methyl sites for hydroxylation is 2. The first-order chi connectivity index (χ1) is 18.3. The zero-order chi connectivity index (χ0) is 26.8. The summed E-state index contributed by atoms with van der Waals surface area (Å²) in [6.45, 7) is 0.458. The highest BCUT2D eigenvalue weighted by atomic mass is 16.3. The second-order valence-electron chi connectivity index (χ2n) is 9.88. The predicted molar refractivity (Wildman–Crippen MR) is 139 cm³/mol. The van der Waals surface area contributed by atoms with Crippen LogP contribution in [0.3, 0.4) is 0 Å². The van der Waals surface area contributed by atoms with Crippen molar-refractivity contribution in [3.63, 3.8) is 0 Å². The third-order valence-electron chi connectivity index (χ3n) is 7.28. The summed E-state index contributed by atoms with van der Waals surface area (Å²) in [7, 11) is 3.61. The van der Waals surface area contributed by atoms with E-state index in [2.05, 4.69) is 4.98 Å². The normalized spacial score (nSPS) is 20.1. The van der Waals surface area contributed by atoms with Crippen LogP contribution in [0, 0.1) is 0 Å². The third kappa shape index (κ3) is 5.12. The van der Waals surface area contributed by atoms with E-state index in [4.69, 9.17) is 0 Å². The van der Waals surface area contributed by atoms with Gasteiger partial charge in [-0.25, -0.2) is 9.99 Å². The van der Waals surface area contributed by atoms with E-state index in [1.807, 2.05) is 48.1 Å². The molecule has 2 fully saturated rings. The fourth-order valence-corrected chi connectivity index (χ4v) is 5.30. The van der Waals surface area contributed by atoms with Gasteiger partial charge in [-0.1, -0.05) is 42.5 Å². The summed E-state index contributed by atoms with van der Waals surface area (Å²) in [5.74, 6) is 0.357. The van der Waals surface area contributed by atoms with Crippen molar-refractivity contribution >= 4 is 17.7 Å². The van der Waals surface area contributed by atoms with Gasteiger partial charge in [0, 0.05) is 39.3 Å². The highest BCUT2D eigenvalue weighted by molar-refractivity contribution is 5.91. The van der Waals surface area contributed by atoms with E-state index in [0.29, 0.717) is 12.2 Å². The molecule has 0 bridgehead atoms. The van der Waals surface area contributed by atoms with Gasteiger partial charge >= 0.3 is 0 Å². The molecule has 1 aromatic heterocycles. The number of phenolic OH excluding ortho intramolecular Hbond substituents is 1. The molecule has 2 atom stereocenters. The molecule has 1 unspecified atom stereocenters. The molecule has 0 spiro atoms. The molecule has 3 heterocycles. The van der Waals surface area contributed by atoms with Crippen LogP contribution in [0.15, 0.2) is 67.0 Å². The van der Waals surface area contributed by atoms with Crippen molar-refractivity contribution in [1.82, 2.24) is 29.4 Å². The molecule has 10 nitrogen and oxygen atoms in total. The molecule has 2 aliphatic heterocycles. The van der Waals surface area contributed by atoms with Crippen LogP contribution in [-0.4, -0.2) is 84.5 Å². The number of aromatic hydroxyl groups is 1. The minimum Gasteiger partial charge on any atom is -0.508 e. The van der Waals surface area contributed by atoms with Gasteiger partial charge in [0.05, 0.1) is 19.6 Å². The lowest BCUT2D eigenvalue weighted by Crippen LogP contribution is -2.75. The summed E-state index contributed by atoms with van der Waals surface area (Å²) in [4.78, 5) is 48.5. The molecular weight excluding hydrogens is 484 g/mol. The Morgan fingerprint density at radius 3 is 2.45 bits per heavy atom. The zero-order valence-electron chi connectivity index (χ0n) is 21.6. The number of hydrogen-bond donors (Lipinski definition) is 1. The van der Waals surface area contributed by atoms with Crippen molar-refractivity contribution in [3.8, 4) is 5.75 Å². The Morgan fingerprint density at radius 1 is 1.03 bits per heavy atom. The van der Waals surface area contributed by atoms with Crippen LogP contribution in [-0.2, 0) is 40.8 Å². The zero-order valence-corrected chi connectivity index (χ0v) is 21.6. The second-order valence-corrected chi connectivity index (χ2v) is 9.88. The van der Waals surface area contributed by atoms with Gasteiger partial charge in [-0.2, -0.15) is 0 Å². The standard InChI is InChI=1S/C28H32N6O4/c1-30-15-14-29-24(30)17-32-18-25-33(23(28(32)38)16-21-8-11-22(35)12-9-21)27(37)19-31(2)34(25)26(36)13-10-20-6-4-3-5-7-20/h3-9,11-12,14-15,23,25,35H,10,13,16-19H2,1-2H3/t23-,25?/m0/s1. The Hall–Kier alpha value is -4.18. The van der Waals surface area contributed by atoms with E-state index < -0.39 is 12.2 Å². The first-order valence-corrected chi connectivity index (χ1v) is 12.7. The number of hydrazine groups is 1. The average Bonchev–Trinajstić information content (AvgIpc) is 3.31. The van der Waals surface area contributed by atoms with Gasteiger partial charge in [0.15, 0.2) is 0 Å². The van der Waals surface area contributed by atoms with Gasteiger partial charge < -0.3 is 19.5 Å². The quantitative estimate of drug-likeness (QED) is 0.511. The number of likely N-dealkylation sites (N-methyl/N-ethyl adjacent to an activating group) is 1. The topological polar surface area (TPSA) is 102 Å². The Labute approximate surface area is 221 Å². The van der Waals surface area contributed by atoms with Gasteiger partial charge in [0.25, 0.3) is 0 Å². The molecular formula is C28H32N6O4. The molecule has 3 amide bonds. The molecule has 38 heavy (non-hydrogen) atoms. The highest BCUT2D eigenvalue weighted by Gasteiger charge is 2.50. The lowest BCUT2D eigenvalue weighted by Gasteiger charge is -2.54. The lowest BCUT2D eigenvalue weighted by molar-refractivity contribution is -0.203. The number of aromatic nitrogens is 2. The largest absolute Gasteiger partial charge is 0.508 e. The number of piperazine rings is 1. The minimum atomic E-state index is -0.788. The highest BCUT2D eigenvalue weighted by Crippen LogP contribution is 2.29. The van der Waals surface area contributed by atoms with Crippen molar-refractivity contribution in [2.24, 2.45) is 7.05 Å². The Bertz CT molecular complexity index is 1310. The van der Waals surface area contributed by atoms with E-state index in [1.54, 1.807) is 57.3 Å². The van der Waals surface area contributed by atoms with Crippen LogP contribution in [0.4, 0.5) is 0 Å². The number of imidazole rings is 1. The van der Waals surface area contributed by atoms with E-state index in [1.165, 1.54) is 0 Å². The van der Waals surface area contributed by atoms with Crippen molar-refractivity contribution < 1.29 is 19.5 Å². The number of rotatable bonds is 7. The Kier molecular flexibility index (Phi) is 7.15. The van der Waals surface area contributed by atoms with Crippen LogP contribution in [0.25, 0.3) is 0 Å². The van der Waals surface area contributed by atoms with Crippen LogP contribution in [0.2, 0.25) is 0 Å². The molecule has 2 aromatic carbocycles. The molecule has 1 N–H and O–H groups in total. The fraction of sp³-hybridized carbons (Fsp3) is 0.357. The number of nitrogens with zero attached hydrogens (tertiary/aromatic N) is 6. The number of carbonyl (C=O) groups excluding carboxylic acids is 3. The number of fused-ring (bicyclic) bond motifs is 1. The molecule has 0 aliphatic carbocycles. The monoisotopic (exact) mass is 516 g/mol. The van der Waals surface area contributed by atoms with Crippen molar-refractivity contribution in [1.29, 1.82) is 0 Å². The number of phenols is 1. The van der Waals surface area contributed by atoms with Gasteiger partial charge in [-0.05, 0) is 29.7 Å². The number of carbonyl (C=O) groups is 3. The van der Waals surface area contributed by atoms with Crippen molar-refractivity contribution in [2.45, 2.75) is 38.0 Å². The average molecular weight is 517 g/mol. The maximum atomic E-state index is 13.8. The van der Waals surface area contributed by atoms with Crippen LogP contribution < -0.4 is 0 Å².